The lowest BCUT2D eigenvalue weighted by Crippen LogP contribution is -2.54. The first-order valence-corrected chi connectivity index (χ1v) is 10.7. The van der Waals surface area contributed by atoms with E-state index < -0.39 is 5.97 Å². The number of carboxylic acids is 1. The minimum atomic E-state index is -0.779. The number of rotatable bonds is 7. The van der Waals surface area contributed by atoms with Gasteiger partial charge in [-0.05, 0) is 38.0 Å². The van der Waals surface area contributed by atoms with E-state index in [0.29, 0.717) is 24.4 Å². The molecule has 2 amide bonds. The van der Waals surface area contributed by atoms with Gasteiger partial charge in [-0.3, -0.25) is 9.69 Å². The number of hydrogen-bond donors (Lipinski definition) is 2. The minimum Gasteiger partial charge on any atom is -0.480 e. The second-order valence-electron chi connectivity index (χ2n) is 7.01. The predicted octanol–water partition coefficient (Wildman–Crippen LogP) is 2.63. The van der Waals surface area contributed by atoms with Crippen LogP contribution in [0.25, 0.3) is 0 Å². The first-order valence-electron chi connectivity index (χ1n) is 9.68. The van der Waals surface area contributed by atoms with Crippen molar-refractivity contribution < 1.29 is 14.7 Å². The van der Waals surface area contributed by atoms with Crippen molar-refractivity contribution in [2.75, 3.05) is 31.9 Å². The van der Waals surface area contributed by atoms with E-state index in [-0.39, 0.29) is 18.6 Å². The normalized spacial score (nSPS) is 25.2. The van der Waals surface area contributed by atoms with Gasteiger partial charge in [-0.1, -0.05) is 26.7 Å². The Morgan fingerprint density at radius 3 is 2.44 bits per heavy atom. The van der Waals surface area contributed by atoms with Crippen molar-refractivity contribution in [3.8, 4) is 0 Å². The summed E-state index contributed by atoms with van der Waals surface area (Å²) >= 11 is 1.97. The van der Waals surface area contributed by atoms with Gasteiger partial charge in [-0.2, -0.15) is 11.8 Å². The number of hydrogen-bond acceptors (Lipinski definition) is 4. The van der Waals surface area contributed by atoms with Gasteiger partial charge in [0.25, 0.3) is 0 Å². The fraction of sp³-hybridized carbons (Fsp3) is 0.889. The molecule has 0 aromatic rings. The molecule has 6 nitrogen and oxygen atoms in total. The summed E-state index contributed by atoms with van der Waals surface area (Å²) in [6, 6.07) is 0.625. The number of thioether (sulfide) groups is 1. The smallest absolute Gasteiger partial charge is 0.317 e. The summed E-state index contributed by atoms with van der Waals surface area (Å²) in [5, 5.41) is 12.8. The Bertz CT molecular complexity index is 439. The quantitative estimate of drug-likeness (QED) is 0.720. The lowest BCUT2D eigenvalue weighted by Gasteiger charge is -2.39. The van der Waals surface area contributed by atoms with E-state index in [0.717, 1.165) is 31.6 Å². The minimum absolute atomic E-state index is 0.0633. The standard InChI is InChI=1S/C18H33N3O3S/c1-3-20(13-17(22)23)14-9-11-21(12-10-14)18(24)19-15-7-5-6-8-16(15)25-4-2/h14-16H,3-13H2,1-2H3,(H,19,24)(H,22,23). The summed E-state index contributed by atoms with van der Waals surface area (Å²) in [6.07, 6.45) is 6.47. The number of aliphatic carboxylic acids is 1. The molecular weight excluding hydrogens is 338 g/mol. The van der Waals surface area contributed by atoms with Crippen LogP contribution in [0, 0.1) is 0 Å². The van der Waals surface area contributed by atoms with Crippen LogP contribution in [0.2, 0.25) is 0 Å². The van der Waals surface area contributed by atoms with Crippen LogP contribution in [0.1, 0.15) is 52.4 Å². The first-order chi connectivity index (χ1) is 12.0. The molecule has 0 aromatic carbocycles. The molecule has 25 heavy (non-hydrogen) atoms. The third-order valence-electron chi connectivity index (χ3n) is 5.40. The molecule has 0 aromatic heterocycles. The third-order valence-corrected chi connectivity index (χ3v) is 6.73. The summed E-state index contributed by atoms with van der Waals surface area (Å²) < 4.78 is 0. The molecule has 2 rings (SSSR count). The fourth-order valence-corrected chi connectivity index (χ4v) is 5.23. The molecular formula is C18H33N3O3S. The van der Waals surface area contributed by atoms with E-state index in [1.165, 1.54) is 19.3 Å². The summed E-state index contributed by atoms with van der Waals surface area (Å²) in [5.74, 6) is 0.317. The molecule has 0 spiro atoms. The molecule has 1 saturated heterocycles. The Morgan fingerprint density at radius 2 is 1.84 bits per heavy atom. The zero-order valence-electron chi connectivity index (χ0n) is 15.6. The number of likely N-dealkylation sites (tertiary alicyclic amines) is 1. The average molecular weight is 372 g/mol. The van der Waals surface area contributed by atoms with Crippen molar-refractivity contribution in [2.24, 2.45) is 0 Å². The Balaban J connectivity index is 1.81. The Morgan fingerprint density at radius 1 is 1.16 bits per heavy atom. The number of piperidine rings is 1. The van der Waals surface area contributed by atoms with Crippen LogP contribution in [0.15, 0.2) is 0 Å². The maximum absolute atomic E-state index is 12.6. The van der Waals surface area contributed by atoms with Gasteiger partial charge < -0.3 is 15.3 Å². The molecule has 144 valence electrons. The summed E-state index contributed by atoms with van der Waals surface area (Å²) in [4.78, 5) is 27.5. The number of amides is 2. The third kappa shape index (κ3) is 6.06. The molecule has 0 bridgehead atoms. The second kappa shape index (κ2) is 10.3. The summed E-state index contributed by atoms with van der Waals surface area (Å²) in [5.41, 5.74) is 0. The van der Waals surface area contributed by atoms with Gasteiger partial charge >= 0.3 is 12.0 Å². The zero-order chi connectivity index (χ0) is 18.2. The van der Waals surface area contributed by atoms with E-state index >= 15 is 0 Å². The Labute approximate surface area is 155 Å². The van der Waals surface area contributed by atoms with E-state index in [4.69, 9.17) is 5.11 Å². The van der Waals surface area contributed by atoms with Gasteiger partial charge in [-0.25, -0.2) is 4.79 Å². The number of nitrogens with zero attached hydrogens (tertiary/aromatic N) is 2. The molecule has 1 heterocycles. The highest BCUT2D eigenvalue weighted by Crippen LogP contribution is 2.29. The molecule has 2 aliphatic rings. The van der Waals surface area contributed by atoms with Crippen molar-refractivity contribution in [1.82, 2.24) is 15.1 Å². The molecule has 7 heteroatoms. The van der Waals surface area contributed by atoms with Gasteiger partial charge in [0.15, 0.2) is 0 Å². The summed E-state index contributed by atoms with van der Waals surface area (Å²) in [6.45, 7) is 6.43. The van der Waals surface area contributed by atoms with Gasteiger partial charge in [-0.15, -0.1) is 0 Å². The largest absolute Gasteiger partial charge is 0.480 e. The SMILES string of the molecule is CCSC1CCCCC1NC(=O)N1CCC(N(CC)CC(=O)O)CC1. The first kappa shape index (κ1) is 20.4. The molecule has 2 unspecified atom stereocenters. The zero-order valence-corrected chi connectivity index (χ0v) is 16.4. The number of nitrogens with one attached hydrogen (secondary N) is 1. The molecule has 1 aliphatic carbocycles. The number of carbonyl (C=O) groups is 2. The highest BCUT2D eigenvalue weighted by Gasteiger charge is 2.31. The number of urea groups is 1. The van der Waals surface area contributed by atoms with Crippen molar-refractivity contribution in [2.45, 2.75) is 69.7 Å². The van der Waals surface area contributed by atoms with Crippen molar-refractivity contribution in [1.29, 1.82) is 0 Å². The van der Waals surface area contributed by atoms with E-state index in [1.54, 1.807) is 0 Å². The topological polar surface area (TPSA) is 72.9 Å². The maximum Gasteiger partial charge on any atom is 0.317 e. The highest BCUT2D eigenvalue weighted by molar-refractivity contribution is 7.99. The van der Waals surface area contributed by atoms with Crippen molar-refractivity contribution >= 4 is 23.8 Å². The molecule has 1 aliphatic heterocycles. The number of carboxylic acid groups (broad SMARTS) is 1. The molecule has 2 atom stereocenters. The number of carbonyl (C=O) groups excluding carboxylic acids is 1. The van der Waals surface area contributed by atoms with Crippen LogP contribution in [0.4, 0.5) is 4.79 Å². The second-order valence-corrected chi connectivity index (χ2v) is 8.53. The number of likely N-dealkylation sites (N-methyl/N-ethyl adjacent to an activating group) is 1. The average Bonchev–Trinajstić information content (AvgIpc) is 2.61. The van der Waals surface area contributed by atoms with Crippen LogP contribution in [0.3, 0.4) is 0 Å². The van der Waals surface area contributed by atoms with Crippen LogP contribution >= 0.6 is 11.8 Å². The van der Waals surface area contributed by atoms with Crippen molar-refractivity contribution in [3.05, 3.63) is 0 Å². The van der Waals surface area contributed by atoms with E-state index in [9.17, 15) is 9.59 Å². The van der Waals surface area contributed by atoms with Crippen molar-refractivity contribution in [3.63, 3.8) is 0 Å². The summed E-state index contributed by atoms with van der Waals surface area (Å²) in [7, 11) is 0. The van der Waals surface area contributed by atoms with Crippen LogP contribution in [-0.2, 0) is 4.79 Å². The maximum atomic E-state index is 12.6. The molecule has 2 N–H and O–H groups in total. The van der Waals surface area contributed by atoms with Crippen LogP contribution in [-0.4, -0.2) is 76.2 Å². The lowest BCUT2D eigenvalue weighted by molar-refractivity contribution is -0.139. The molecule has 1 saturated carbocycles. The van der Waals surface area contributed by atoms with Gasteiger partial charge in [0.05, 0.1) is 6.54 Å². The molecule has 0 radical (unpaired) electrons. The van der Waals surface area contributed by atoms with E-state index in [2.05, 4.69) is 12.2 Å². The van der Waals surface area contributed by atoms with Gasteiger partial charge in [0, 0.05) is 30.4 Å². The Kier molecular flexibility index (Phi) is 8.36. The van der Waals surface area contributed by atoms with Crippen LogP contribution < -0.4 is 5.32 Å². The lowest BCUT2D eigenvalue weighted by atomic mass is 9.95. The van der Waals surface area contributed by atoms with Gasteiger partial charge in [0.2, 0.25) is 0 Å². The molecule has 2 fully saturated rings. The van der Waals surface area contributed by atoms with E-state index in [1.807, 2.05) is 28.5 Å². The van der Waals surface area contributed by atoms with Crippen LogP contribution in [0.5, 0.6) is 0 Å². The predicted molar refractivity (Wildman–Crippen MR) is 102 cm³/mol. The van der Waals surface area contributed by atoms with Gasteiger partial charge in [0.1, 0.15) is 0 Å². The monoisotopic (exact) mass is 371 g/mol. The fourth-order valence-electron chi connectivity index (χ4n) is 4.03. The highest BCUT2D eigenvalue weighted by atomic mass is 32.2. The Hall–Kier alpha value is -0.950.